The van der Waals surface area contributed by atoms with Crippen LogP contribution in [0.1, 0.15) is 5.56 Å². The zero-order valence-electron chi connectivity index (χ0n) is 14.0. The Labute approximate surface area is 162 Å². The zero-order valence-corrected chi connectivity index (χ0v) is 16.4. The molecule has 4 aromatic rings. The van der Waals surface area contributed by atoms with Crippen molar-refractivity contribution in [2.75, 3.05) is 12.4 Å². The number of nitrogens with zero attached hydrogens (tertiary/aromatic N) is 1. The van der Waals surface area contributed by atoms with E-state index in [4.69, 9.17) is 4.74 Å². The second kappa shape index (κ2) is 7.05. The number of carbonyl (C=O) groups excluding carboxylic acids is 1. The molecule has 26 heavy (non-hydrogen) atoms. The van der Waals surface area contributed by atoms with Gasteiger partial charge >= 0.3 is 0 Å². The Morgan fingerprint density at radius 1 is 1.19 bits per heavy atom. The number of carbonyl (C=O) groups is 1. The molecular weight excluding hydrogens is 412 g/mol. The van der Waals surface area contributed by atoms with E-state index in [9.17, 15) is 4.79 Å². The molecule has 4 nitrogen and oxygen atoms in total. The van der Waals surface area contributed by atoms with E-state index in [0.717, 1.165) is 31.0 Å². The first kappa shape index (κ1) is 17.0. The molecule has 0 fully saturated rings. The van der Waals surface area contributed by atoms with Crippen molar-refractivity contribution in [3.8, 4) is 5.75 Å². The highest BCUT2D eigenvalue weighted by atomic mass is 79.9. The molecule has 130 valence electrons. The van der Waals surface area contributed by atoms with Gasteiger partial charge in [-0.05, 0) is 41.1 Å². The number of ether oxygens (including phenoxy) is 1. The molecule has 0 saturated carbocycles. The van der Waals surface area contributed by atoms with Gasteiger partial charge in [-0.15, -0.1) is 0 Å². The van der Waals surface area contributed by atoms with E-state index < -0.39 is 0 Å². The number of aromatic nitrogens is 1. The number of fused-ring (bicyclic) bond motifs is 2. The smallest absolute Gasteiger partial charge is 0.230 e. The lowest BCUT2D eigenvalue weighted by atomic mass is 10.0. The number of halogens is 1. The summed E-state index contributed by atoms with van der Waals surface area (Å²) in [5.74, 6) is 0.594. The molecule has 0 aliphatic carbocycles. The molecule has 0 spiro atoms. The van der Waals surface area contributed by atoms with Gasteiger partial charge in [-0.3, -0.25) is 4.79 Å². The maximum Gasteiger partial charge on any atom is 0.230 e. The lowest BCUT2D eigenvalue weighted by Crippen LogP contribution is -2.15. The fraction of sp³-hybridized carbons (Fsp3) is 0.100. The topological polar surface area (TPSA) is 51.2 Å². The number of thiazole rings is 1. The average Bonchev–Trinajstić information content (AvgIpc) is 3.03. The lowest BCUT2D eigenvalue weighted by Gasteiger charge is -2.12. The normalized spacial score (nSPS) is 11.0. The molecule has 3 aromatic carbocycles. The fourth-order valence-electron chi connectivity index (χ4n) is 2.97. The molecule has 0 saturated heterocycles. The predicted molar refractivity (Wildman–Crippen MR) is 110 cm³/mol. The van der Waals surface area contributed by atoms with Gasteiger partial charge in [-0.2, -0.15) is 0 Å². The van der Waals surface area contributed by atoms with Gasteiger partial charge in [0.1, 0.15) is 5.75 Å². The molecule has 0 bridgehead atoms. The van der Waals surface area contributed by atoms with Crippen LogP contribution in [-0.2, 0) is 11.2 Å². The number of amides is 1. The van der Waals surface area contributed by atoms with Crippen LogP contribution in [0.4, 0.5) is 5.13 Å². The molecule has 1 heterocycles. The van der Waals surface area contributed by atoms with E-state index in [-0.39, 0.29) is 12.3 Å². The summed E-state index contributed by atoms with van der Waals surface area (Å²) in [5.41, 5.74) is 1.76. The van der Waals surface area contributed by atoms with Crippen LogP contribution in [0.2, 0.25) is 0 Å². The van der Waals surface area contributed by atoms with Gasteiger partial charge in [0, 0.05) is 10.0 Å². The third kappa shape index (κ3) is 3.30. The zero-order chi connectivity index (χ0) is 18.1. The highest BCUT2D eigenvalue weighted by Crippen LogP contribution is 2.31. The number of hydrogen-bond acceptors (Lipinski definition) is 4. The van der Waals surface area contributed by atoms with Gasteiger partial charge in [0.15, 0.2) is 5.13 Å². The highest BCUT2D eigenvalue weighted by molar-refractivity contribution is 9.10. The minimum absolute atomic E-state index is 0.113. The van der Waals surface area contributed by atoms with Crippen molar-refractivity contribution in [2.45, 2.75) is 6.42 Å². The Bertz CT molecular complexity index is 1090. The highest BCUT2D eigenvalue weighted by Gasteiger charge is 2.14. The Morgan fingerprint density at radius 2 is 2.04 bits per heavy atom. The van der Waals surface area contributed by atoms with Gasteiger partial charge in [0.2, 0.25) is 5.91 Å². The standard InChI is InChI=1S/C20H15BrN2O2S/c1-25-17-9-6-12-10-13(21)7-8-14(12)15(17)11-19(24)23-20-22-16-4-2-3-5-18(16)26-20/h2-10H,11H2,1H3,(H,22,23,24). The van der Waals surface area contributed by atoms with Gasteiger partial charge < -0.3 is 10.1 Å². The van der Waals surface area contributed by atoms with Crippen LogP contribution in [0.15, 0.2) is 59.1 Å². The van der Waals surface area contributed by atoms with Gasteiger partial charge in [-0.1, -0.05) is 51.5 Å². The second-order valence-electron chi connectivity index (χ2n) is 5.82. The summed E-state index contributed by atoms with van der Waals surface area (Å²) < 4.78 is 7.53. The first-order chi connectivity index (χ1) is 12.6. The molecule has 0 unspecified atom stereocenters. The maximum atomic E-state index is 12.6. The second-order valence-corrected chi connectivity index (χ2v) is 7.77. The van der Waals surface area contributed by atoms with Gasteiger partial charge in [0.25, 0.3) is 0 Å². The molecule has 6 heteroatoms. The van der Waals surface area contributed by atoms with Crippen molar-refractivity contribution in [3.63, 3.8) is 0 Å². The number of methoxy groups -OCH3 is 1. The van der Waals surface area contributed by atoms with Crippen molar-refractivity contribution in [2.24, 2.45) is 0 Å². The summed E-state index contributed by atoms with van der Waals surface area (Å²) in [5, 5.41) is 5.59. The summed E-state index contributed by atoms with van der Waals surface area (Å²) in [4.78, 5) is 17.1. The van der Waals surface area contributed by atoms with Crippen molar-refractivity contribution < 1.29 is 9.53 Å². The van der Waals surface area contributed by atoms with E-state index in [0.29, 0.717) is 10.9 Å². The summed E-state index contributed by atoms with van der Waals surface area (Å²) in [6.07, 6.45) is 0.220. The third-order valence-corrected chi connectivity index (χ3v) is 5.59. The molecule has 1 N–H and O–H groups in total. The summed E-state index contributed by atoms with van der Waals surface area (Å²) in [6, 6.07) is 17.7. The number of benzene rings is 3. The average molecular weight is 427 g/mol. The summed E-state index contributed by atoms with van der Waals surface area (Å²) in [6.45, 7) is 0. The van der Waals surface area contributed by atoms with Crippen LogP contribution in [0.5, 0.6) is 5.75 Å². The number of anilines is 1. The molecule has 0 aliphatic heterocycles. The van der Waals surface area contributed by atoms with Crippen molar-refractivity contribution in [1.82, 2.24) is 4.98 Å². The van der Waals surface area contributed by atoms with Crippen LogP contribution < -0.4 is 10.1 Å². The Morgan fingerprint density at radius 3 is 2.85 bits per heavy atom. The van der Waals surface area contributed by atoms with E-state index in [1.165, 1.54) is 11.3 Å². The van der Waals surface area contributed by atoms with Gasteiger partial charge in [-0.25, -0.2) is 4.98 Å². The fourth-order valence-corrected chi connectivity index (χ4v) is 4.23. The summed E-state index contributed by atoms with van der Waals surface area (Å²) in [7, 11) is 1.62. The van der Waals surface area contributed by atoms with Crippen LogP contribution in [0, 0.1) is 0 Å². The summed E-state index contributed by atoms with van der Waals surface area (Å²) >= 11 is 4.96. The largest absolute Gasteiger partial charge is 0.496 e. The van der Waals surface area contributed by atoms with Gasteiger partial charge in [0.05, 0.1) is 23.7 Å². The van der Waals surface area contributed by atoms with E-state index >= 15 is 0 Å². The number of hydrogen-bond donors (Lipinski definition) is 1. The van der Waals surface area contributed by atoms with Crippen LogP contribution in [0.3, 0.4) is 0 Å². The quantitative estimate of drug-likeness (QED) is 0.474. The van der Waals surface area contributed by atoms with Crippen LogP contribution in [-0.4, -0.2) is 18.0 Å². The molecule has 4 rings (SSSR count). The molecule has 0 aliphatic rings. The lowest BCUT2D eigenvalue weighted by molar-refractivity contribution is -0.115. The minimum Gasteiger partial charge on any atom is -0.496 e. The first-order valence-corrected chi connectivity index (χ1v) is 9.65. The van der Waals surface area contributed by atoms with E-state index in [2.05, 4.69) is 26.2 Å². The molecule has 0 atom stereocenters. The van der Waals surface area contributed by atoms with Crippen molar-refractivity contribution in [3.05, 3.63) is 64.6 Å². The van der Waals surface area contributed by atoms with Crippen molar-refractivity contribution in [1.29, 1.82) is 0 Å². The van der Waals surface area contributed by atoms with Crippen LogP contribution >= 0.6 is 27.3 Å². The Balaban J connectivity index is 1.64. The minimum atomic E-state index is -0.113. The third-order valence-electron chi connectivity index (χ3n) is 4.15. The predicted octanol–water partition coefficient (Wildman–Crippen LogP) is 5.40. The molecular formula is C20H15BrN2O2S. The molecule has 0 radical (unpaired) electrons. The Kier molecular flexibility index (Phi) is 4.61. The first-order valence-electron chi connectivity index (χ1n) is 8.04. The number of nitrogens with one attached hydrogen (secondary N) is 1. The number of para-hydroxylation sites is 1. The van der Waals surface area contributed by atoms with Crippen molar-refractivity contribution >= 4 is 59.3 Å². The molecule has 1 aromatic heterocycles. The van der Waals surface area contributed by atoms with E-state index in [1.807, 2.05) is 54.6 Å². The SMILES string of the molecule is COc1ccc2cc(Br)ccc2c1CC(=O)Nc1nc2ccccc2s1. The maximum absolute atomic E-state index is 12.6. The monoisotopic (exact) mass is 426 g/mol. The van der Waals surface area contributed by atoms with E-state index in [1.54, 1.807) is 7.11 Å². The Hall–Kier alpha value is -2.44. The molecule has 1 amide bonds. The van der Waals surface area contributed by atoms with Crippen LogP contribution in [0.25, 0.3) is 21.0 Å². The number of rotatable bonds is 4.